The van der Waals surface area contributed by atoms with E-state index in [-0.39, 0.29) is 5.91 Å². The van der Waals surface area contributed by atoms with Gasteiger partial charge >= 0.3 is 0 Å². The molecule has 1 unspecified atom stereocenters. The number of anilines is 1. The van der Waals surface area contributed by atoms with E-state index in [1.54, 1.807) is 19.5 Å². The lowest BCUT2D eigenvalue weighted by molar-refractivity contribution is 0.102. The van der Waals surface area contributed by atoms with Crippen LogP contribution in [-0.4, -0.2) is 54.4 Å². The number of hydrogen-bond donors (Lipinski definition) is 1. The van der Waals surface area contributed by atoms with Crippen molar-refractivity contribution in [1.29, 1.82) is 0 Å². The molecule has 4 heterocycles. The first-order valence-electron chi connectivity index (χ1n) is 10.2. The summed E-state index contributed by atoms with van der Waals surface area (Å²) in [6.45, 7) is 2.71. The van der Waals surface area contributed by atoms with E-state index in [1.165, 1.54) is 16.9 Å². The van der Waals surface area contributed by atoms with Gasteiger partial charge in [-0.2, -0.15) is 0 Å². The van der Waals surface area contributed by atoms with Crippen molar-refractivity contribution in [2.75, 3.05) is 38.9 Å². The van der Waals surface area contributed by atoms with Gasteiger partial charge in [0, 0.05) is 29.2 Å². The highest BCUT2D eigenvalue weighted by atomic mass is 32.1. The van der Waals surface area contributed by atoms with Crippen LogP contribution >= 0.6 is 11.3 Å². The monoisotopic (exact) mass is 438 g/mol. The van der Waals surface area contributed by atoms with E-state index in [0.717, 1.165) is 35.4 Å². The fourth-order valence-electron chi connectivity index (χ4n) is 3.84. The molecule has 8 nitrogen and oxygen atoms in total. The van der Waals surface area contributed by atoms with Gasteiger partial charge in [0.25, 0.3) is 5.91 Å². The van der Waals surface area contributed by atoms with Gasteiger partial charge in [0.05, 0.1) is 33.1 Å². The van der Waals surface area contributed by atoms with Crippen LogP contribution in [0.25, 0.3) is 16.6 Å². The number of amides is 1. The number of nitrogens with one attached hydrogen (secondary N) is 1. The fourth-order valence-corrected chi connectivity index (χ4v) is 4.77. The van der Waals surface area contributed by atoms with Crippen molar-refractivity contribution in [3.63, 3.8) is 0 Å². The van der Waals surface area contributed by atoms with Gasteiger partial charge in [-0.3, -0.25) is 4.79 Å². The van der Waals surface area contributed by atoms with Crippen molar-refractivity contribution in [2.45, 2.75) is 18.8 Å². The first-order valence-corrected chi connectivity index (χ1v) is 11.0. The second-order valence-corrected chi connectivity index (χ2v) is 8.47. The molecule has 0 bridgehead atoms. The normalized spacial score (nSPS) is 18.7. The molecule has 0 radical (unpaired) electrons. The Morgan fingerprint density at radius 2 is 2.13 bits per heavy atom. The summed E-state index contributed by atoms with van der Waals surface area (Å²) < 4.78 is 16.3. The molecule has 1 amide bonds. The molecule has 3 aromatic rings. The van der Waals surface area contributed by atoms with Crippen molar-refractivity contribution in [2.24, 2.45) is 0 Å². The van der Waals surface area contributed by atoms with Crippen molar-refractivity contribution in [3.8, 4) is 5.75 Å². The zero-order valence-corrected chi connectivity index (χ0v) is 17.9. The number of carbonyl (C=O) groups is 1. The number of aromatic nitrogens is 3. The van der Waals surface area contributed by atoms with Gasteiger partial charge in [-0.15, -0.1) is 11.3 Å². The first kappa shape index (κ1) is 20.0. The predicted octanol–water partition coefficient (Wildman–Crippen LogP) is 3.65. The molecule has 1 aromatic carbocycles. The van der Waals surface area contributed by atoms with Crippen LogP contribution in [0.1, 0.15) is 39.0 Å². The molecule has 2 aliphatic heterocycles. The molecule has 0 saturated carbocycles. The molecule has 1 fully saturated rings. The zero-order chi connectivity index (χ0) is 21.2. The smallest absolute Gasteiger partial charge is 0.285 e. The molecular formula is C22H22N4O4S. The Bertz CT molecular complexity index is 1150. The van der Waals surface area contributed by atoms with Crippen molar-refractivity contribution in [1.82, 2.24) is 15.0 Å². The van der Waals surface area contributed by atoms with E-state index >= 15 is 0 Å². The third-order valence-electron chi connectivity index (χ3n) is 5.48. The molecule has 9 heteroatoms. The Morgan fingerprint density at radius 3 is 2.90 bits per heavy atom. The average molecular weight is 439 g/mol. The molecule has 0 aliphatic carbocycles. The molecule has 160 valence electrons. The summed E-state index contributed by atoms with van der Waals surface area (Å²) in [5, 5.41) is 3.22. The van der Waals surface area contributed by atoms with Crippen LogP contribution in [0.3, 0.4) is 0 Å². The molecule has 0 spiro atoms. The molecule has 2 aromatic heterocycles. The highest BCUT2D eigenvalue weighted by Crippen LogP contribution is 2.33. The third kappa shape index (κ3) is 4.04. The highest BCUT2D eigenvalue weighted by Gasteiger charge is 2.22. The van der Waals surface area contributed by atoms with Crippen molar-refractivity contribution in [3.05, 3.63) is 46.1 Å². The minimum absolute atomic E-state index is 0.300. The quantitative estimate of drug-likeness (QED) is 0.649. The van der Waals surface area contributed by atoms with Crippen LogP contribution in [0.4, 0.5) is 5.82 Å². The summed E-state index contributed by atoms with van der Waals surface area (Å²) in [6.07, 6.45) is 7.19. The van der Waals surface area contributed by atoms with Crippen LogP contribution in [-0.2, 0) is 9.47 Å². The number of carbonyl (C=O) groups excluding carboxylic acids is 1. The maximum atomic E-state index is 12.7. The Balaban J connectivity index is 1.42. The average Bonchev–Trinajstić information content (AvgIpc) is 3.51. The summed E-state index contributed by atoms with van der Waals surface area (Å²) in [6, 6.07) is 3.88. The Labute approximate surface area is 183 Å². The van der Waals surface area contributed by atoms with Gasteiger partial charge in [-0.05, 0) is 30.5 Å². The maximum Gasteiger partial charge on any atom is 0.285 e. The second-order valence-electron chi connectivity index (χ2n) is 7.40. The predicted molar refractivity (Wildman–Crippen MR) is 118 cm³/mol. The number of hydrogen-bond acceptors (Lipinski definition) is 8. The molecule has 5 rings (SSSR count). The van der Waals surface area contributed by atoms with Gasteiger partial charge in [0.15, 0.2) is 10.8 Å². The van der Waals surface area contributed by atoms with Crippen LogP contribution in [0.5, 0.6) is 5.75 Å². The minimum atomic E-state index is -0.300. The largest absolute Gasteiger partial charge is 0.494 e. The Kier molecular flexibility index (Phi) is 5.63. The third-order valence-corrected chi connectivity index (χ3v) is 6.64. The van der Waals surface area contributed by atoms with E-state index in [9.17, 15) is 4.79 Å². The van der Waals surface area contributed by atoms with Crippen molar-refractivity contribution >= 4 is 39.7 Å². The SMILES string of the molecule is COc1ccc(C2=CCOCC2)c2ncc(NC(=O)c3ncc(C4CCOC4)s3)nc12. The summed E-state index contributed by atoms with van der Waals surface area (Å²) in [7, 11) is 1.60. The highest BCUT2D eigenvalue weighted by molar-refractivity contribution is 7.13. The van der Waals surface area contributed by atoms with Crippen LogP contribution in [0.2, 0.25) is 0 Å². The van der Waals surface area contributed by atoms with Crippen LogP contribution < -0.4 is 10.1 Å². The van der Waals surface area contributed by atoms with Gasteiger partial charge < -0.3 is 19.5 Å². The topological polar surface area (TPSA) is 95.5 Å². The summed E-state index contributed by atoms with van der Waals surface area (Å²) in [5.41, 5.74) is 3.53. The lowest BCUT2D eigenvalue weighted by atomic mass is 9.99. The molecule has 1 N–H and O–H groups in total. The van der Waals surface area contributed by atoms with Crippen molar-refractivity contribution < 1.29 is 19.0 Å². The standard InChI is InChI=1S/C22H22N4O4S/c1-28-16-3-2-15(13-4-7-29-8-5-13)19-20(16)25-18(11-23-19)26-21(27)22-24-10-17(31-22)14-6-9-30-12-14/h2-4,10-11,14H,5-9,12H2,1H3,(H,25,26,27). The summed E-state index contributed by atoms with van der Waals surface area (Å²) in [4.78, 5) is 27.3. The molecule has 2 aliphatic rings. The van der Waals surface area contributed by atoms with E-state index in [2.05, 4.69) is 26.3 Å². The Hall–Kier alpha value is -2.88. The lowest BCUT2D eigenvalue weighted by Crippen LogP contribution is -2.13. The number of rotatable bonds is 5. The summed E-state index contributed by atoms with van der Waals surface area (Å²) in [5.74, 6) is 0.982. The number of methoxy groups -OCH3 is 1. The van der Waals surface area contributed by atoms with E-state index in [4.69, 9.17) is 14.2 Å². The zero-order valence-electron chi connectivity index (χ0n) is 17.1. The number of fused-ring (bicyclic) bond motifs is 1. The summed E-state index contributed by atoms with van der Waals surface area (Å²) >= 11 is 1.39. The molecule has 31 heavy (non-hydrogen) atoms. The maximum absolute atomic E-state index is 12.7. The fraction of sp³-hybridized carbons (Fsp3) is 0.364. The van der Waals surface area contributed by atoms with Gasteiger partial charge in [0.2, 0.25) is 0 Å². The van der Waals surface area contributed by atoms with Gasteiger partial charge in [-0.1, -0.05) is 6.08 Å². The number of thiazole rings is 1. The molecular weight excluding hydrogens is 416 g/mol. The molecule has 1 saturated heterocycles. The second kappa shape index (κ2) is 8.70. The Morgan fingerprint density at radius 1 is 1.19 bits per heavy atom. The van der Waals surface area contributed by atoms with E-state index in [0.29, 0.717) is 47.8 Å². The lowest BCUT2D eigenvalue weighted by Gasteiger charge is -2.16. The van der Waals surface area contributed by atoms with Gasteiger partial charge in [-0.25, -0.2) is 15.0 Å². The van der Waals surface area contributed by atoms with E-state index in [1.807, 2.05) is 12.1 Å². The van der Waals surface area contributed by atoms with Crippen LogP contribution in [0.15, 0.2) is 30.6 Å². The number of benzene rings is 1. The number of nitrogens with zero attached hydrogens (tertiary/aromatic N) is 3. The number of ether oxygens (including phenoxy) is 3. The first-order chi connectivity index (χ1) is 15.2. The molecule has 1 atom stereocenters. The minimum Gasteiger partial charge on any atom is -0.494 e. The van der Waals surface area contributed by atoms with Crippen LogP contribution in [0, 0.1) is 0 Å². The van der Waals surface area contributed by atoms with E-state index < -0.39 is 0 Å². The van der Waals surface area contributed by atoms with Gasteiger partial charge in [0.1, 0.15) is 16.8 Å².